The van der Waals surface area contributed by atoms with Gasteiger partial charge in [-0.3, -0.25) is 9.69 Å². The molecule has 1 aliphatic rings. The number of anilines is 1. The number of pyridine rings is 1. The number of piperazine rings is 1. The third-order valence-corrected chi connectivity index (χ3v) is 4.67. The van der Waals surface area contributed by atoms with E-state index in [2.05, 4.69) is 41.1 Å². The molecule has 3 rings (SSSR count). The molecule has 1 aliphatic heterocycles. The Bertz CT molecular complexity index is 717. The quantitative estimate of drug-likeness (QED) is 0.859. The zero-order chi connectivity index (χ0) is 17.8. The molecule has 5 heteroatoms. The molecule has 0 N–H and O–H groups in total. The lowest BCUT2D eigenvalue weighted by atomic mass is 10.1. The van der Waals surface area contributed by atoms with Crippen molar-refractivity contribution in [2.45, 2.75) is 19.5 Å². The van der Waals surface area contributed by atoms with Crippen molar-refractivity contribution >= 4 is 11.7 Å². The second-order valence-electron chi connectivity index (χ2n) is 6.87. The van der Waals surface area contributed by atoms with E-state index in [0.29, 0.717) is 5.56 Å². The maximum Gasteiger partial charge on any atom is 0.254 e. The van der Waals surface area contributed by atoms with Gasteiger partial charge < -0.3 is 9.80 Å². The van der Waals surface area contributed by atoms with E-state index in [1.807, 2.05) is 36.0 Å². The van der Waals surface area contributed by atoms with Crippen LogP contribution in [0.15, 0.2) is 48.7 Å². The van der Waals surface area contributed by atoms with Crippen LogP contribution >= 0.6 is 0 Å². The number of aromatic nitrogens is 1. The average molecular weight is 338 g/mol. The molecule has 132 valence electrons. The zero-order valence-corrected chi connectivity index (χ0v) is 15.2. The first-order chi connectivity index (χ1) is 12.0. The van der Waals surface area contributed by atoms with Crippen LogP contribution in [-0.4, -0.2) is 60.5 Å². The Balaban J connectivity index is 1.65. The Labute approximate surface area is 149 Å². The fraction of sp³-hybridized carbons (Fsp3) is 0.400. The van der Waals surface area contributed by atoms with Gasteiger partial charge in [0.1, 0.15) is 5.82 Å². The van der Waals surface area contributed by atoms with Gasteiger partial charge in [-0.1, -0.05) is 30.3 Å². The van der Waals surface area contributed by atoms with Gasteiger partial charge >= 0.3 is 0 Å². The van der Waals surface area contributed by atoms with Crippen molar-refractivity contribution < 1.29 is 4.79 Å². The van der Waals surface area contributed by atoms with E-state index in [1.54, 1.807) is 12.3 Å². The first kappa shape index (κ1) is 17.4. The highest BCUT2D eigenvalue weighted by atomic mass is 16.2. The number of carbonyl (C=O) groups is 1. The van der Waals surface area contributed by atoms with E-state index in [0.717, 1.165) is 32.0 Å². The molecule has 0 radical (unpaired) electrons. The first-order valence-corrected chi connectivity index (χ1v) is 8.75. The number of carbonyl (C=O) groups excluding carboxylic acids is 1. The summed E-state index contributed by atoms with van der Waals surface area (Å²) >= 11 is 0. The summed E-state index contributed by atoms with van der Waals surface area (Å²) < 4.78 is 0. The molecule has 1 unspecified atom stereocenters. The summed E-state index contributed by atoms with van der Waals surface area (Å²) in [5.41, 5.74) is 2.03. The zero-order valence-electron chi connectivity index (χ0n) is 15.2. The van der Waals surface area contributed by atoms with Crippen molar-refractivity contribution in [2.24, 2.45) is 0 Å². The average Bonchev–Trinajstić information content (AvgIpc) is 2.62. The van der Waals surface area contributed by atoms with Crippen LogP contribution in [-0.2, 0) is 6.54 Å². The highest BCUT2D eigenvalue weighted by Gasteiger charge is 2.28. The van der Waals surface area contributed by atoms with E-state index in [1.165, 1.54) is 5.56 Å². The lowest BCUT2D eigenvalue weighted by molar-refractivity contribution is 0.0475. The fourth-order valence-corrected chi connectivity index (χ4v) is 3.28. The van der Waals surface area contributed by atoms with Crippen LogP contribution in [0.5, 0.6) is 0 Å². The minimum atomic E-state index is 0.0948. The lowest BCUT2D eigenvalue weighted by Crippen LogP contribution is -2.53. The maximum absolute atomic E-state index is 12.9. The van der Waals surface area contributed by atoms with Gasteiger partial charge in [0.2, 0.25) is 0 Å². The van der Waals surface area contributed by atoms with Crippen molar-refractivity contribution in [1.29, 1.82) is 0 Å². The van der Waals surface area contributed by atoms with E-state index >= 15 is 0 Å². The summed E-state index contributed by atoms with van der Waals surface area (Å²) in [5.74, 6) is 0.901. The second kappa shape index (κ2) is 7.66. The molecule has 0 saturated carbocycles. The Morgan fingerprint density at radius 1 is 1.20 bits per heavy atom. The van der Waals surface area contributed by atoms with Crippen LogP contribution in [0.3, 0.4) is 0 Å². The molecule has 0 aliphatic carbocycles. The molecule has 1 aromatic heterocycles. The number of rotatable bonds is 4. The Kier molecular flexibility index (Phi) is 5.34. The van der Waals surface area contributed by atoms with Crippen LogP contribution in [0.1, 0.15) is 22.8 Å². The molecule has 1 saturated heterocycles. The van der Waals surface area contributed by atoms with Gasteiger partial charge in [0.05, 0.1) is 0 Å². The first-order valence-electron chi connectivity index (χ1n) is 8.75. The summed E-state index contributed by atoms with van der Waals surface area (Å²) in [6.45, 7) is 5.62. The van der Waals surface area contributed by atoms with Gasteiger partial charge in [-0.15, -0.1) is 0 Å². The number of hydrogen-bond donors (Lipinski definition) is 0. The SMILES string of the molecule is CC1CN(Cc2ccccc2)CCN1C(=O)c1ccnc(N(C)C)c1. The highest BCUT2D eigenvalue weighted by Crippen LogP contribution is 2.18. The lowest BCUT2D eigenvalue weighted by Gasteiger charge is -2.40. The number of hydrogen-bond acceptors (Lipinski definition) is 4. The fourth-order valence-electron chi connectivity index (χ4n) is 3.28. The summed E-state index contributed by atoms with van der Waals surface area (Å²) in [4.78, 5) is 23.5. The Morgan fingerprint density at radius 2 is 1.96 bits per heavy atom. The second-order valence-corrected chi connectivity index (χ2v) is 6.87. The molecule has 1 atom stereocenters. The van der Waals surface area contributed by atoms with Crippen molar-refractivity contribution in [2.75, 3.05) is 38.6 Å². The molecule has 1 amide bonds. The van der Waals surface area contributed by atoms with Crippen LogP contribution in [0.4, 0.5) is 5.82 Å². The van der Waals surface area contributed by atoms with Crippen LogP contribution in [0.25, 0.3) is 0 Å². The highest BCUT2D eigenvalue weighted by molar-refractivity contribution is 5.95. The summed E-state index contributed by atoms with van der Waals surface area (Å²) in [5, 5.41) is 0. The Morgan fingerprint density at radius 3 is 2.64 bits per heavy atom. The van der Waals surface area contributed by atoms with Gasteiger partial charge in [-0.25, -0.2) is 4.98 Å². The minimum absolute atomic E-state index is 0.0948. The van der Waals surface area contributed by atoms with Gasteiger partial charge in [0.25, 0.3) is 5.91 Å². The molecule has 0 bridgehead atoms. The monoisotopic (exact) mass is 338 g/mol. The van der Waals surface area contributed by atoms with Gasteiger partial charge in [-0.2, -0.15) is 0 Å². The van der Waals surface area contributed by atoms with E-state index < -0.39 is 0 Å². The number of amides is 1. The Hall–Kier alpha value is -2.40. The molecule has 1 fully saturated rings. The van der Waals surface area contributed by atoms with Crippen molar-refractivity contribution in [3.05, 3.63) is 59.8 Å². The third-order valence-electron chi connectivity index (χ3n) is 4.67. The smallest absolute Gasteiger partial charge is 0.254 e. The summed E-state index contributed by atoms with van der Waals surface area (Å²) in [6.07, 6.45) is 1.71. The molecular weight excluding hydrogens is 312 g/mol. The standard InChI is InChI=1S/C20H26N4O/c1-16-14-23(15-17-7-5-4-6-8-17)11-12-24(16)20(25)18-9-10-21-19(13-18)22(2)3/h4-10,13,16H,11-12,14-15H2,1-3H3. The largest absolute Gasteiger partial charge is 0.363 e. The van der Waals surface area contributed by atoms with Crippen molar-refractivity contribution in [3.63, 3.8) is 0 Å². The molecular formula is C20H26N4O. The molecule has 0 spiro atoms. The van der Waals surface area contributed by atoms with Crippen molar-refractivity contribution in [3.8, 4) is 0 Å². The van der Waals surface area contributed by atoms with Gasteiger partial charge in [0, 0.05) is 58.1 Å². The molecule has 2 aromatic rings. The van der Waals surface area contributed by atoms with E-state index in [9.17, 15) is 4.79 Å². The van der Waals surface area contributed by atoms with Gasteiger partial charge in [0.15, 0.2) is 0 Å². The third kappa shape index (κ3) is 4.17. The molecule has 25 heavy (non-hydrogen) atoms. The predicted molar refractivity (Wildman–Crippen MR) is 101 cm³/mol. The number of nitrogens with zero attached hydrogens (tertiary/aromatic N) is 4. The summed E-state index contributed by atoms with van der Waals surface area (Å²) in [7, 11) is 3.86. The molecule has 1 aromatic carbocycles. The van der Waals surface area contributed by atoms with Crippen LogP contribution in [0, 0.1) is 0 Å². The van der Waals surface area contributed by atoms with E-state index in [-0.39, 0.29) is 11.9 Å². The summed E-state index contributed by atoms with van der Waals surface area (Å²) in [6, 6.07) is 14.4. The van der Waals surface area contributed by atoms with Crippen LogP contribution in [0.2, 0.25) is 0 Å². The van der Waals surface area contributed by atoms with Crippen LogP contribution < -0.4 is 4.90 Å². The normalized spacial score (nSPS) is 18.2. The van der Waals surface area contributed by atoms with E-state index in [4.69, 9.17) is 0 Å². The minimum Gasteiger partial charge on any atom is -0.363 e. The predicted octanol–water partition coefficient (Wildman–Crippen LogP) is 2.49. The molecule has 5 nitrogen and oxygen atoms in total. The topological polar surface area (TPSA) is 39.7 Å². The molecule has 2 heterocycles. The van der Waals surface area contributed by atoms with Gasteiger partial charge in [-0.05, 0) is 24.6 Å². The van der Waals surface area contributed by atoms with Crippen molar-refractivity contribution in [1.82, 2.24) is 14.8 Å². The maximum atomic E-state index is 12.9. The number of benzene rings is 1.